The SMILES string of the molecule is CC(C)N1CCC(CNc2nccn2C)C1. The fourth-order valence-corrected chi connectivity index (χ4v) is 2.27. The van der Waals surface area contributed by atoms with Crippen LogP contribution in [0.15, 0.2) is 12.4 Å². The van der Waals surface area contributed by atoms with Crippen molar-refractivity contribution in [3.8, 4) is 0 Å². The van der Waals surface area contributed by atoms with E-state index in [9.17, 15) is 0 Å². The molecule has 1 unspecified atom stereocenters. The topological polar surface area (TPSA) is 33.1 Å². The fourth-order valence-electron chi connectivity index (χ4n) is 2.27. The first-order chi connectivity index (χ1) is 7.66. The molecular weight excluding hydrogens is 200 g/mol. The monoisotopic (exact) mass is 222 g/mol. The first kappa shape index (κ1) is 11.5. The molecule has 0 bridgehead atoms. The normalized spacial score (nSPS) is 21.9. The number of hydrogen-bond acceptors (Lipinski definition) is 3. The van der Waals surface area contributed by atoms with Crippen LogP contribution in [0.1, 0.15) is 20.3 Å². The third-order valence-electron chi connectivity index (χ3n) is 3.42. The van der Waals surface area contributed by atoms with Gasteiger partial charge in [0.25, 0.3) is 0 Å². The molecule has 0 aliphatic carbocycles. The highest BCUT2D eigenvalue weighted by Crippen LogP contribution is 2.18. The molecule has 90 valence electrons. The van der Waals surface area contributed by atoms with E-state index in [1.165, 1.54) is 19.5 Å². The molecule has 0 saturated carbocycles. The molecule has 1 aromatic rings. The van der Waals surface area contributed by atoms with Crippen LogP contribution in [0, 0.1) is 5.92 Å². The van der Waals surface area contributed by atoms with Gasteiger partial charge >= 0.3 is 0 Å². The van der Waals surface area contributed by atoms with Gasteiger partial charge in [-0.15, -0.1) is 0 Å². The van der Waals surface area contributed by atoms with E-state index < -0.39 is 0 Å². The quantitative estimate of drug-likeness (QED) is 0.839. The fraction of sp³-hybridized carbons (Fsp3) is 0.750. The van der Waals surface area contributed by atoms with Crippen LogP contribution in [0.3, 0.4) is 0 Å². The van der Waals surface area contributed by atoms with Crippen molar-refractivity contribution in [2.75, 3.05) is 25.0 Å². The van der Waals surface area contributed by atoms with Crippen molar-refractivity contribution in [1.29, 1.82) is 0 Å². The number of likely N-dealkylation sites (tertiary alicyclic amines) is 1. The summed E-state index contributed by atoms with van der Waals surface area (Å²) in [4.78, 5) is 6.82. The predicted octanol–water partition coefficient (Wildman–Crippen LogP) is 1.56. The standard InChI is InChI=1S/C12H22N4/c1-10(2)16-6-4-11(9-16)8-14-12-13-5-7-15(12)3/h5,7,10-11H,4,6,8-9H2,1-3H3,(H,13,14). The van der Waals surface area contributed by atoms with Crippen LogP contribution in [0.4, 0.5) is 5.95 Å². The number of aromatic nitrogens is 2. The van der Waals surface area contributed by atoms with Crippen molar-refractivity contribution in [3.05, 3.63) is 12.4 Å². The number of hydrogen-bond donors (Lipinski definition) is 1. The minimum atomic E-state index is 0.679. The van der Waals surface area contributed by atoms with E-state index in [-0.39, 0.29) is 0 Å². The predicted molar refractivity (Wildman–Crippen MR) is 66.5 cm³/mol. The van der Waals surface area contributed by atoms with E-state index in [1.807, 2.05) is 24.0 Å². The van der Waals surface area contributed by atoms with Crippen LogP contribution in [0.5, 0.6) is 0 Å². The summed E-state index contributed by atoms with van der Waals surface area (Å²) in [6.07, 6.45) is 5.10. The molecular formula is C12H22N4. The third-order valence-corrected chi connectivity index (χ3v) is 3.42. The Labute approximate surface area is 97.7 Å². The van der Waals surface area contributed by atoms with Crippen molar-refractivity contribution in [2.24, 2.45) is 13.0 Å². The van der Waals surface area contributed by atoms with Gasteiger partial charge < -0.3 is 14.8 Å². The van der Waals surface area contributed by atoms with Crippen molar-refractivity contribution in [2.45, 2.75) is 26.3 Å². The molecule has 0 aromatic carbocycles. The van der Waals surface area contributed by atoms with Crippen LogP contribution in [0.25, 0.3) is 0 Å². The van der Waals surface area contributed by atoms with E-state index in [2.05, 4.69) is 29.0 Å². The minimum absolute atomic E-state index is 0.679. The van der Waals surface area contributed by atoms with Crippen LogP contribution in [-0.2, 0) is 7.05 Å². The van der Waals surface area contributed by atoms with Crippen LogP contribution in [-0.4, -0.2) is 40.1 Å². The average Bonchev–Trinajstić information content (AvgIpc) is 2.83. The van der Waals surface area contributed by atoms with Crippen LogP contribution in [0.2, 0.25) is 0 Å². The van der Waals surface area contributed by atoms with Crippen molar-refractivity contribution < 1.29 is 0 Å². The average molecular weight is 222 g/mol. The van der Waals surface area contributed by atoms with Crippen LogP contribution < -0.4 is 5.32 Å². The third kappa shape index (κ3) is 2.55. The summed E-state index contributed by atoms with van der Waals surface area (Å²) in [6, 6.07) is 0.679. The molecule has 1 fully saturated rings. The molecule has 16 heavy (non-hydrogen) atoms. The van der Waals surface area contributed by atoms with Gasteiger partial charge in [0, 0.05) is 38.6 Å². The summed E-state index contributed by atoms with van der Waals surface area (Å²) >= 11 is 0. The summed E-state index contributed by atoms with van der Waals surface area (Å²) in [5, 5.41) is 3.42. The number of aryl methyl sites for hydroxylation is 1. The lowest BCUT2D eigenvalue weighted by molar-refractivity contribution is 0.266. The van der Waals surface area contributed by atoms with Crippen LogP contribution >= 0.6 is 0 Å². The molecule has 4 nitrogen and oxygen atoms in total. The zero-order valence-corrected chi connectivity index (χ0v) is 10.5. The molecule has 1 saturated heterocycles. The second-order valence-electron chi connectivity index (χ2n) is 4.99. The number of nitrogens with one attached hydrogen (secondary N) is 1. The van der Waals surface area contributed by atoms with Crippen molar-refractivity contribution in [3.63, 3.8) is 0 Å². The Bertz CT molecular complexity index is 332. The van der Waals surface area contributed by atoms with Gasteiger partial charge in [-0.3, -0.25) is 0 Å². The summed E-state index contributed by atoms with van der Waals surface area (Å²) in [7, 11) is 2.02. The Balaban J connectivity index is 1.78. The van der Waals surface area contributed by atoms with Crippen molar-refractivity contribution >= 4 is 5.95 Å². The number of imidazole rings is 1. The molecule has 1 aliphatic rings. The maximum atomic E-state index is 4.27. The zero-order valence-electron chi connectivity index (χ0n) is 10.5. The second kappa shape index (κ2) is 4.87. The Hall–Kier alpha value is -1.03. The lowest BCUT2D eigenvalue weighted by atomic mass is 10.1. The highest BCUT2D eigenvalue weighted by atomic mass is 15.2. The van der Waals surface area contributed by atoms with E-state index in [0.717, 1.165) is 18.4 Å². The molecule has 1 aliphatic heterocycles. The van der Waals surface area contributed by atoms with Gasteiger partial charge in [0.1, 0.15) is 0 Å². The maximum absolute atomic E-state index is 4.27. The first-order valence-electron chi connectivity index (χ1n) is 6.12. The molecule has 1 aromatic heterocycles. The maximum Gasteiger partial charge on any atom is 0.202 e. The lowest BCUT2D eigenvalue weighted by Crippen LogP contribution is -2.29. The number of rotatable bonds is 4. The smallest absolute Gasteiger partial charge is 0.202 e. The molecule has 4 heteroatoms. The highest BCUT2D eigenvalue weighted by Gasteiger charge is 2.23. The molecule has 0 amide bonds. The zero-order chi connectivity index (χ0) is 11.5. The van der Waals surface area contributed by atoms with Gasteiger partial charge in [-0.1, -0.05) is 0 Å². The van der Waals surface area contributed by atoms with Crippen molar-refractivity contribution in [1.82, 2.24) is 14.5 Å². The van der Waals surface area contributed by atoms with E-state index in [0.29, 0.717) is 6.04 Å². The van der Waals surface area contributed by atoms with Gasteiger partial charge in [0.2, 0.25) is 5.95 Å². The first-order valence-corrected chi connectivity index (χ1v) is 6.12. The molecule has 0 spiro atoms. The number of anilines is 1. The van der Waals surface area contributed by atoms with Gasteiger partial charge in [0.05, 0.1) is 0 Å². The Morgan fingerprint density at radius 3 is 2.94 bits per heavy atom. The van der Waals surface area contributed by atoms with E-state index >= 15 is 0 Å². The molecule has 0 radical (unpaired) electrons. The van der Waals surface area contributed by atoms with Gasteiger partial charge in [-0.2, -0.15) is 0 Å². The highest BCUT2D eigenvalue weighted by molar-refractivity contribution is 5.25. The van der Waals surface area contributed by atoms with Gasteiger partial charge in [-0.25, -0.2) is 4.98 Å². The Morgan fingerprint density at radius 1 is 1.56 bits per heavy atom. The number of nitrogens with zero attached hydrogens (tertiary/aromatic N) is 3. The minimum Gasteiger partial charge on any atom is -0.355 e. The summed E-state index contributed by atoms with van der Waals surface area (Å²) in [5.41, 5.74) is 0. The largest absolute Gasteiger partial charge is 0.355 e. The lowest BCUT2D eigenvalue weighted by Gasteiger charge is -2.20. The van der Waals surface area contributed by atoms with E-state index in [1.54, 1.807) is 0 Å². The molecule has 1 N–H and O–H groups in total. The molecule has 1 atom stereocenters. The van der Waals surface area contributed by atoms with E-state index in [4.69, 9.17) is 0 Å². The molecule has 2 rings (SSSR count). The van der Waals surface area contributed by atoms with Gasteiger partial charge in [-0.05, 0) is 32.7 Å². The summed E-state index contributed by atoms with van der Waals surface area (Å²) < 4.78 is 2.02. The Morgan fingerprint density at radius 2 is 2.38 bits per heavy atom. The second-order valence-corrected chi connectivity index (χ2v) is 4.99. The van der Waals surface area contributed by atoms with Gasteiger partial charge in [0.15, 0.2) is 0 Å². The molecule has 2 heterocycles. The Kier molecular flexibility index (Phi) is 3.49. The summed E-state index contributed by atoms with van der Waals surface area (Å²) in [5.74, 6) is 1.74. The summed E-state index contributed by atoms with van der Waals surface area (Å²) in [6.45, 7) is 8.04.